The number of aryl methyl sites for hydroxylation is 1. The number of thioether (sulfide) groups is 1. The van der Waals surface area contributed by atoms with Gasteiger partial charge in [-0.2, -0.15) is 0 Å². The van der Waals surface area contributed by atoms with Gasteiger partial charge in [0.05, 0.1) is 10.9 Å². The molecule has 0 bridgehead atoms. The van der Waals surface area contributed by atoms with Crippen molar-refractivity contribution in [2.24, 2.45) is 0 Å². The minimum atomic E-state index is -0.273. The van der Waals surface area contributed by atoms with Crippen LogP contribution in [-0.4, -0.2) is 30.9 Å². The third-order valence-electron chi connectivity index (χ3n) is 4.53. The molecular weight excluding hydrogens is 378 g/mol. The monoisotopic (exact) mass is 399 g/mol. The fraction of sp³-hybridized carbons (Fsp3) is 0.368. The van der Waals surface area contributed by atoms with E-state index in [1.54, 1.807) is 0 Å². The van der Waals surface area contributed by atoms with Crippen molar-refractivity contribution in [1.82, 2.24) is 19.7 Å². The van der Waals surface area contributed by atoms with Crippen molar-refractivity contribution >= 4 is 34.1 Å². The Hall–Kier alpha value is -2.19. The molecule has 0 saturated carbocycles. The zero-order chi connectivity index (χ0) is 18.6. The quantitative estimate of drug-likeness (QED) is 0.650. The van der Waals surface area contributed by atoms with Crippen molar-refractivity contribution in [2.75, 3.05) is 5.32 Å². The van der Waals surface area contributed by atoms with E-state index >= 15 is 0 Å². The number of aromatic nitrogens is 4. The standard InChI is InChI=1S/C19H21N5OS2/c1-13(27-19-23-22-16-10-6-3-7-11-24(16)19)17(25)21-18-20-15(12-26-18)14-8-4-2-5-9-14/h2,4-5,8-9,12-13H,3,6-7,10-11H2,1H3,(H,20,21,25). The lowest BCUT2D eigenvalue weighted by molar-refractivity contribution is -0.115. The van der Waals surface area contributed by atoms with Gasteiger partial charge in [-0.15, -0.1) is 21.5 Å². The maximum atomic E-state index is 12.6. The summed E-state index contributed by atoms with van der Waals surface area (Å²) in [6.45, 7) is 2.83. The molecule has 1 unspecified atom stereocenters. The lowest BCUT2D eigenvalue weighted by Crippen LogP contribution is -2.23. The number of thiazole rings is 1. The van der Waals surface area contributed by atoms with E-state index in [4.69, 9.17) is 0 Å². The van der Waals surface area contributed by atoms with E-state index in [1.807, 2.05) is 42.6 Å². The van der Waals surface area contributed by atoms with Crippen LogP contribution in [0.25, 0.3) is 11.3 Å². The first kappa shape index (κ1) is 18.2. The summed E-state index contributed by atoms with van der Waals surface area (Å²) in [5, 5.41) is 14.7. The molecule has 1 amide bonds. The summed E-state index contributed by atoms with van der Waals surface area (Å²) < 4.78 is 2.17. The zero-order valence-electron chi connectivity index (χ0n) is 15.1. The van der Waals surface area contributed by atoms with Crippen LogP contribution in [0.1, 0.15) is 32.0 Å². The third kappa shape index (κ3) is 4.22. The average Bonchev–Trinajstić information content (AvgIpc) is 3.23. The number of anilines is 1. The summed E-state index contributed by atoms with van der Waals surface area (Å²) in [7, 11) is 0. The number of nitrogens with one attached hydrogen (secondary N) is 1. The summed E-state index contributed by atoms with van der Waals surface area (Å²) >= 11 is 2.90. The van der Waals surface area contributed by atoms with Crippen LogP contribution in [0.3, 0.4) is 0 Å². The lowest BCUT2D eigenvalue weighted by Gasteiger charge is -2.11. The van der Waals surface area contributed by atoms with E-state index in [0.717, 1.165) is 48.0 Å². The second-order valence-corrected chi connectivity index (χ2v) is 8.68. The molecule has 0 radical (unpaired) electrons. The molecule has 0 aliphatic carbocycles. The van der Waals surface area contributed by atoms with E-state index in [9.17, 15) is 4.79 Å². The smallest absolute Gasteiger partial charge is 0.239 e. The van der Waals surface area contributed by atoms with Crippen LogP contribution in [0.4, 0.5) is 5.13 Å². The Morgan fingerprint density at radius 3 is 2.93 bits per heavy atom. The SMILES string of the molecule is CC(Sc1nnc2n1CCCCC2)C(=O)Nc1nc(-c2ccccc2)cs1. The van der Waals surface area contributed by atoms with Crippen molar-refractivity contribution in [3.63, 3.8) is 0 Å². The average molecular weight is 400 g/mol. The van der Waals surface area contributed by atoms with Crippen LogP contribution in [0.5, 0.6) is 0 Å². The second kappa shape index (κ2) is 8.22. The Balaban J connectivity index is 1.40. The molecule has 27 heavy (non-hydrogen) atoms. The predicted molar refractivity (Wildman–Crippen MR) is 109 cm³/mol. The van der Waals surface area contributed by atoms with Gasteiger partial charge < -0.3 is 9.88 Å². The van der Waals surface area contributed by atoms with Crippen molar-refractivity contribution in [3.8, 4) is 11.3 Å². The number of hydrogen-bond acceptors (Lipinski definition) is 6. The Kier molecular flexibility index (Phi) is 5.54. The molecule has 3 aromatic rings. The van der Waals surface area contributed by atoms with E-state index in [-0.39, 0.29) is 11.2 Å². The van der Waals surface area contributed by atoms with E-state index in [2.05, 4.69) is 25.1 Å². The van der Waals surface area contributed by atoms with Crippen molar-refractivity contribution < 1.29 is 4.79 Å². The van der Waals surface area contributed by atoms with Crippen molar-refractivity contribution in [1.29, 1.82) is 0 Å². The van der Waals surface area contributed by atoms with Crippen LogP contribution < -0.4 is 5.32 Å². The maximum Gasteiger partial charge on any atom is 0.239 e. The largest absolute Gasteiger partial charge is 0.306 e. The number of fused-ring (bicyclic) bond motifs is 1. The molecule has 2 aromatic heterocycles. The predicted octanol–water partition coefficient (Wildman–Crippen LogP) is 4.25. The summed E-state index contributed by atoms with van der Waals surface area (Å²) in [5.74, 6) is 0.968. The molecule has 1 aromatic carbocycles. The van der Waals surface area contributed by atoms with Crippen LogP contribution in [0.2, 0.25) is 0 Å². The summed E-state index contributed by atoms with van der Waals surface area (Å²) in [6, 6.07) is 9.95. The second-order valence-electron chi connectivity index (χ2n) is 6.51. The fourth-order valence-electron chi connectivity index (χ4n) is 3.04. The number of carbonyl (C=O) groups is 1. The molecule has 0 fully saturated rings. The molecule has 0 spiro atoms. The number of benzene rings is 1. The first-order valence-corrected chi connectivity index (χ1v) is 10.9. The number of amides is 1. The summed E-state index contributed by atoms with van der Waals surface area (Å²) in [5.41, 5.74) is 1.92. The normalized spacial score (nSPS) is 15.0. The van der Waals surface area contributed by atoms with Crippen LogP contribution in [0.15, 0.2) is 40.9 Å². The van der Waals surface area contributed by atoms with Crippen LogP contribution >= 0.6 is 23.1 Å². The maximum absolute atomic E-state index is 12.6. The summed E-state index contributed by atoms with van der Waals surface area (Å²) in [6.07, 6.45) is 4.49. The van der Waals surface area contributed by atoms with Gasteiger partial charge >= 0.3 is 0 Å². The van der Waals surface area contributed by atoms with Gasteiger partial charge in [-0.25, -0.2) is 4.98 Å². The minimum Gasteiger partial charge on any atom is -0.306 e. The molecule has 1 N–H and O–H groups in total. The van der Waals surface area contributed by atoms with Gasteiger partial charge in [0, 0.05) is 23.9 Å². The van der Waals surface area contributed by atoms with Crippen molar-refractivity contribution in [2.45, 2.75) is 49.6 Å². The van der Waals surface area contributed by atoms with Gasteiger partial charge in [0.15, 0.2) is 10.3 Å². The molecule has 1 atom stereocenters. The molecule has 8 heteroatoms. The highest BCUT2D eigenvalue weighted by atomic mass is 32.2. The first-order valence-electron chi connectivity index (χ1n) is 9.11. The Labute approximate surface area is 166 Å². The molecule has 3 heterocycles. The molecule has 6 nitrogen and oxygen atoms in total. The molecule has 1 aliphatic heterocycles. The molecule has 140 valence electrons. The first-order chi connectivity index (χ1) is 13.2. The molecular formula is C19H21N5OS2. The third-order valence-corrected chi connectivity index (χ3v) is 6.37. The summed E-state index contributed by atoms with van der Waals surface area (Å²) in [4.78, 5) is 17.1. The van der Waals surface area contributed by atoms with Gasteiger partial charge in [0.25, 0.3) is 0 Å². The van der Waals surface area contributed by atoms with Gasteiger partial charge in [0.2, 0.25) is 5.91 Å². The van der Waals surface area contributed by atoms with Gasteiger partial charge in [-0.3, -0.25) is 4.79 Å². The number of carbonyl (C=O) groups excluding carboxylic acids is 1. The molecule has 1 aliphatic rings. The zero-order valence-corrected chi connectivity index (χ0v) is 16.7. The Morgan fingerprint density at radius 2 is 2.07 bits per heavy atom. The van der Waals surface area contributed by atoms with Crippen LogP contribution in [0, 0.1) is 0 Å². The minimum absolute atomic E-state index is 0.0695. The fourth-order valence-corrected chi connectivity index (χ4v) is 4.65. The highest BCUT2D eigenvalue weighted by molar-refractivity contribution is 8.00. The Morgan fingerprint density at radius 1 is 1.22 bits per heavy atom. The highest BCUT2D eigenvalue weighted by Gasteiger charge is 2.21. The van der Waals surface area contributed by atoms with E-state index in [1.165, 1.54) is 29.5 Å². The topological polar surface area (TPSA) is 72.7 Å². The van der Waals surface area contributed by atoms with E-state index in [0.29, 0.717) is 5.13 Å². The molecule has 4 rings (SSSR count). The Bertz CT molecular complexity index is 921. The van der Waals surface area contributed by atoms with Gasteiger partial charge in [-0.05, 0) is 19.8 Å². The molecule has 0 saturated heterocycles. The number of rotatable bonds is 5. The highest BCUT2D eigenvalue weighted by Crippen LogP contribution is 2.28. The lowest BCUT2D eigenvalue weighted by atomic mass is 10.2. The van der Waals surface area contributed by atoms with Crippen molar-refractivity contribution in [3.05, 3.63) is 41.5 Å². The number of nitrogens with zero attached hydrogens (tertiary/aromatic N) is 4. The van der Waals surface area contributed by atoms with Gasteiger partial charge in [0.1, 0.15) is 5.82 Å². The van der Waals surface area contributed by atoms with Gasteiger partial charge in [-0.1, -0.05) is 48.5 Å². The number of hydrogen-bond donors (Lipinski definition) is 1. The van der Waals surface area contributed by atoms with E-state index < -0.39 is 0 Å². The van der Waals surface area contributed by atoms with Crippen LogP contribution in [-0.2, 0) is 17.8 Å².